The van der Waals surface area contributed by atoms with Gasteiger partial charge in [0.1, 0.15) is 5.75 Å². The third kappa shape index (κ3) is 4.32. The van der Waals surface area contributed by atoms with Crippen molar-refractivity contribution < 1.29 is 14.3 Å². The molecule has 0 unspecified atom stereocenters. The van der Waals surface area contributed by atoms with Crippen LogP contribution in [0.5, 0.6) is 5.75 Å². The number of anilines is 2. The molecular formula is C22H19ClN2O3. The Morgan fingerprint density at radius 3 is 1.93 bits per heavy atom. The summed E-state index contributed by atoms with van der Waals surface area (Å²) >= 11 is 6.08. The summed E-state index contributed by atoms with van der Waals surface area (Å²) in [6.07, 6.45) is 0. The molecule has 0 bridgehead atoms. The summed E-state index contributed by atoms with van der Waals surface area (Å²) in [7, 11) is 1.54. The van der Waals surface area contributed by atoms with Crippen molar-refractivity contribution in [2.45, 2.75) is 6.92 Å². The maximum atomic E-state index is 12.5. The van der Waals surface area contributed by atoms with E-state index >= 15 is 0 Å². The molecule has 6 heteroatoms. The summed E-state index contributed by atoms with van der Waals surface area (Å²) in [6, 6.07) is 18.9. The maximum absolute atomic E-state index is 12.5. The van der Waals surface area contributed by atoms with Crippen LogP contribution in [0, 0.1) is 6.92 Å². The fraction of sp³-hybridized carbons (Fsp3) is 0.0909. The standard InChI is InChI=1S/C22H19ClN2O3/c1-14-17(23)6-5-8-18(14)24-21(26)15-10-12-16(13-11-15)22(27)25-19-7-3-4-9-20(19)28-2/h3-13H,1-2H3,(H,24,26)(H,25,27). The van der Waals surface area contributed by atoms with Crippen molar-refractivity contribution in [3.05, 3.63) is 88.4 Å². The zero-order valence-electron chi connectivity index (χ0n) is 15.5. The van der Waals surface area contributed by atoms with Gasteiger partial charge in [-0.25, -0.2) is 0 Å². The van der Waals surface area contributed by atoms with Gasteiger partial charge in [0.25, 0.3) is 11.8 Å². The topological polar surface area (TPSA) is 67.4 Å². The molecule has 0 atom stereocenters. The van der Waals surface area contributed by atoms with Crippen molar-refractivity contribution in [3.8, 4) is 5.75 Å². The smallest absolute Gasteiger partial charge is 0.255 e. The summed E-state index contributed by atoms with van der Waals surface area (Å²) in [5.74, 6) is 0.00735. The highest BCUT2D eigenvalue weighted by molar-refractivity contribution is 6.31. The Morgan fingerprint density at radius 1 is 0.786 bits per heavy atom. The zero-order chi connectivity index (χ0) is 20.1. The molecule has 0 fully saturated rings. The van der Waals surface area contributed by atoms with Crippen LogP contribution in [0.2, 0.25) is 5.02 Å². The molecule has 28 heavy (non-hydrogen) atoms. The molecule has 0 radical (unpaired) electrons. The molecule has 2 amide bonds. The van der Waals surface area contributed by atoms with Crippen LogP contribution in [0.25, 0.3) is 0 Å². The number of rotatable bonds is 5. The lowest BCUT2D eigenvalue weighted by molar-refractivity contribution is 0.101. The third-order valence-corrected chi connectivity index (χ3v) is 4.69. The second kappa shape index (κ2) is 8.59. The molecule has 0 aliphatic rings. The lowest BCUT2D eigenvalue weighted by Crippen LogP contribution is -2.15. The van der Waals surface area contributed by atoms with Crippen LogP contribution in [-0.4, -0.2) is 18.9 Å². The number of nitrogens with one attached hydrogen (secondary N) is 2. The Labute approximate surface area is 168 Å². The van der Waals surface area contributed by atoms with E-state index in [2.05, 4.69) is 10.6 Å². The Bertz CT molecular complexity index is 1020. The summed E-state index contributed by atoms with van der Waals surface area (Å²) in [4.78, 5) is 24.9. The fourth-order valence-corrected chi connectivity index (χ4v) is 2.83. The van der Waals surface area contributed by atoms with Crippen LogP contribution >= 0.6 is 11.6 Å². The van der Waals surface area contributed by atoms with Crippen LogP contribution < -0.4 is 15.4 Å². The first-order valence-electron chi connectivity index (χ1n) is 8.60. The van der Waals surface area contributed by atoms with E-state index in [4.69, 9.17) is 16.3 Å². The number of carbonyl (C=O) groups is 2. The minimum absolute atomic E-state index is 0.276. The van der Waals surface area contributed by atoms with Gasteiger partial charge >= 0.3 is 0 Å². The molecule has 0 aromatic heterocycles. The van der Waals surface area contributed by atoms with E-state index in [1.165, 1.54) is 0 Å². The van der Waals surface area contributed by atoms with Crippen molar-refractivity contribution in [2.24, 2.45) is 0 Å². The SMILES string of the molecule is COc1ccccc1NC(=O)c1ccc(C(=O)Nc2cccc(Cl)c2C)cc1. The van der Waals surface area contributed by atoms with Gasteiger partial charge in [-0.2, -0.15) is 0 Å². The molecule has 0 aliphatic heterocycles. The van der Waals surface area contributed by atoms with Crippen molar-refractivity contribution in [3.63, 3.8) is 0 Å². The number of carbonyl (C=O) groups excluding carboxylic acids is 2. The van der Waals surface area contributed by atoms with Crippen molar-refractivity contribution >= 4 is 34.8 Å². The minimum Gasteiger partial charge on any atom is -0.495 e. The van der Waals surface area contributed by atoms with Gasteiger partial charge in [-0.05, 0) is 61.0 Å². The van der Waals surface area contributed by atoms with Crippen LogP contribution in [0.1, 0.15) is 26.3 Å². The van der Waals surface area contributed by atoms with Gasteiger partial charge in [0, 0.05) is 21.8 Å². The second-order valence-corrected chi connectivity index (χ2v) is 6.51. The number of hydrogen-bond donors (Lipinski definition) is 2. The zero-order valence-corrected chi connectivity index (χ0v) is 16.2. The molecular weight excluding hydrogens is 376 g/mol. The number of hydrogen-bond acceptors (Lipinski definition) is 3. The summed E-state index contributed by atoms with van der Waals surface area (Å²) in [6.45, 7) is 1.84. The Balaban J connectivity index is 1.71. The Kier molecular flexibility index (Phi) is 5.96. The largest absolute Gasteiger partial charge is 0.495 e. The molecule has 0 spiro atoms. The number of halogens is 1. The normalized spacial score (nSPS) is 10.2. The van der Waals surface area contributed by atoms with E-state index in [9.17, 15) is 9.59 Å². The summed E-state index contributed by atoms with van der Waals surface area (Å²) < 4.78 is 5.23. The second-order valence-electron chi connectivity index (χ2n) is 6.10. The van der Waals surface area contributed by atoms with Crippen LogP contribution in [0.3, 0.4) is 0 Å². The average molecular weight is 395 g/mol. The number of benzene rings is 3. The Morgan fingerprint density at radius 2 is 1.32 bits per heavy atom. The molecule has 0 heterocycles. The van der Waals surface area contributed by atoms with Gasteiger partial charge in [0.05, 0.1) is 12.8 Å². The van der Waals surface area contributed by atoms with Gasteiger partial charge in [0.15, 0.2) is 0 Å². The maximum Gasteiger partial charge on any atom is 0.255 e. The molecule has 3 aromatic carbocycles. The summed E-state index contributed by atoms with van der Waals surface area (Å²) in [5, 5.41) is 6.22. The highest BCUT2D eigenvalue weighted by Gasteiger charge is 2.12. The minimum atomic E-state index is -0.290. The first-order chi connectivity index (χ1) is 13.5. The lowest BCUT2D eigenvalue weighted by Gasteiger charge is -2.11. The predicted octanol–water partition coefficient (Wildman–Crippen LogP) is 5.16. The quantitative estimate of drug-likeness (QED) is 0.628. The van der Waals surface area contributed by atoms with Crippen LogP contribution in [0.15, 0.2) is 66.7 Å². The highest BCUT2D eigenvalue weighted by Crippen LogP contribution is 2.25. The molecule has 2 N–H and O–H groups in total. The highest BCUT2D eigenvalue weighted by atomic mass is 35.5. The average Bonchev–Trinajstić information content (AvgIpc) is 2.72. The van der Waals surface area contributed by atoms with Crippen molar-refractivity contribution in [1.82, 2.24) is 0 Å². The van der Waals surface area contributed by atoms with E-state index in [1.807, 2.05) is 19.1 Å². The van der Waals surface area contributed by atoms with Gasteiger partial charge < -0.3 is 15.4 Å². The monoisotopic (exact) mass is 394 g/mol. The van der Waals surface area contributed by atoms with E-state index in [1.54, 1.807) is 61.7 Å². The van der Waals surface area contributed by atoms with Crippen molar-refractivity contribution in [1.29, 1.82) is 0 Å². The predicted molar refractivity (Wildman–Crippen MR) is 112 cm³/mol. The van der Waals surface area contributed by atoms with E-state index < -0.39 is 0 Å². The number of amides is 2. The van der Waals surface area contributed by atoms with Gasteiger partial charge in [-0.1, -0.05) is 29.8 Å². The van der Waals surface area contributed by atoms with Crippen molar-refractivity contribution in [2.75, 3.05) is 17.7 Å². The van der Waals surface area contributed by atoms with E-state index in [0.29, 0.717) is 33.3 Å². The summed E-state index contributed by atoms with van der Waals surface area (Å²) in [5.41, 5.74) is 2.89. The number of para-hydroxylation sites is 2. The van der Waals surface area contributed by atoms with Gasteiger partial charge in [-0.15, -0.1) is 0 Å². The first-order valence-corrected chi connectivity index (χ1v) is 8.98. The molecule has 0 saturated heterocycles. The molecule has 0 aliphatic carbocycles. The number of ether oxygens (including phenoxy) is 1. The molecule has 3 aromatic rings. The van der Waals surface area contributed by atoms with Crippen LogP contribution in [0.4, 0.5) is 11.4 Å². The van der Waals surface area contributed by atoms with E-state index in [0.717, 1.165) is 5.56 Å². The molecule has 3 rings (SSSR count). The van der Waals surface area contributed by atoms with Crippen LogP contribution in [-0.2, 0) is 0 Å². The lowest BCUT2D eigenvalue weighted by atomic mass is 10.1. The molecule has 142 valence electrons. The third-order valence-electron chi connectivity index (χ3n) is 4.28. The number of methoxy groups -OCH3 is 1. The van der Waals surface area contributed by atoms with E-state index in [-0.39, 0.29) is 11.8 Å². The first kappa shape index (κ1) is 19.5. The molecule has 5 nitrogen and oxygen atoms in total. The van der Waals surface area contributed by atoms with Gasteiger partial charge in [0.2, 0.25) is 0 Å². The Hall–Kier alpha value is -3.31. The molecule has 0 saturated carbocycles. The van der Waals surface area contributed by atoms with Gasteiger partial charge in [-0.3, -0.25) is 9.59 Å². The fourth-order valence-electron chi connectivity index (χ4n) is 2.65.